The number of anilines is 1. The van der Waals surface area contributed by atoms with Crippen LogP contribution in [0, 0.1) is 5.82 Å². The topological polar surface area (TPSA) is 64.6 Å². The van der Waals surface area contributed by atoms with Crippen molar-refractivity contribution in [1.82, 2.24) is 0 Å². The molecule has 0 aliphatic heterocycles. The number of ether oxygens (including phenoxy) is 2. The van der Waals surface area contributed by atoms with Gasteiger partial charge in [-0.25, -0.2) is 9.18 Å². The Balaban J connectivity index is 1.76. The molecule has 0 aliphatic carbocycles. The summed E-state index contributed by atoms with van der Waals surface area (Å²) in [6.07, 6.45) is 1.93. The van der Waals surface area contributed by atoms with Crippen molar-refractivity contribution in [2.24, 2.45) is 0 Å². The van der Waals surface area contributed by atoms with Crippen LogP contribution in [0.4, 0.5) is 10.1 Å². The van der Waals surface area contributed by atoms with Gasteiger partial charge in [0, 0.05) is 15.1 Å². The zero-order valence-corrected chi connectivity index (χ0v) is 15.7. The first-order valence-electron chi connectivity index (χ1n) is 7.15. The average Bonchev–Trinajstić information content (AvgIpc) is 2.59. The third-order valence-electron chi connectivity index (χ3n) is 2.96. The molecule has 25 heavy (non-hydrogen) atoms. The third kappa shape index (κ3) is 6.39. The molecule has 1 N–H and O–H groups in total. The van der Waals surface area contributed by atoms with E-state index in [9.17, 15) is 14.0 Å². The highest BCUT2D eigenvalue weighted by molar-refractivity contribution is 9.10. The smallest absolute Gasteiger partial charge is 0.344 e. The zero-order chi connectivity index (χ0) is 18.2. The number of carbonyl (C=O) groups excluding carboxylic acids is 2. The predicted octanol–water partition coefficient (Wildman–Crippen LogP) is 3.87. The maximum absolute atomic E-state index is 13.5. The van der Waals surface area contributed by atoms with Gasteiger partial charge in [0.05, 0.1) is 0 Å². The normalized spacial score (nSPS) is 10.2. The van der Waals surface area contributed by atoms with Gasteiger partial charge in [0.25, 0.3) is 5.91 Å². The predicted molar refractivity (Wildman–Crippen MR) is 97.4 cm³/mol. The molecule has 0 bridgehead atoms. The largest absolute Gasteiger partial charge is 0.479 e. The van der Waals surface area contributed by atoms with Gasteiger partial charge in [0.1, 0.15) is 0 Å². The fourth-order valence-electron chi connectivity index (χ4n) is 1.81. The number of hydrogen-bond acceptors (Lipinski definition) is 5. The molecule has 0 saturated heterocycles. The second-order valence-electron chi connectivity index (χ2n) is 4.80. The quantitative estimate of drug-likeness (QED) is 0.536. The van der Waals surface area contributed by atoms with E-state index in [-0.39, 0.29) is 5.75 Å². The maximum Gasteiger partial charge on any atom is 0.344 e. The fourth-order valence-corrected chi connectivity index (χ4v) is 2.61. The van der Waals surface area contributed by atoms with E-state index in [2.05, 4.69) is 21.2 Å². The molecule has 2 rings (SSSR count). The van der Waals surface area contributed by atoms with E-state index >= 15 is 0 Å². The summed E-state index contributed by atoms with van der Waals surface area (Å²) < 4.78 is 23.9. The molecule has 0 spiro atoms. The molecule has 0 aliphatic rings. The van der Waals surface area contributed by atoms with Gasteiger partial charge < -0.3 is 14.8 Å². The van der Waals surface area contributed by atoms with Crippen molar-refractivity contribution in [3.05, 3.63) is 52.8 Å². The Hall–Kier alpha value is -2.06. The summed E-state index contributed by atoms with van der Waals surface area (Å²) in [5.41, 5.74) is 0.612. The molecule has 2 aromatic carbocycles. The monoisotopic (exact) mass is 427 g/mol. The van der Waals surface area contributed by atoms with Crippen LogP contribution in [-0.4, -0.2) is 31.3 Å². The van der Waals surface area contributed by atoms with E-state index in [1.807, 2.05) is 24.5 Å². The van der Waals surface area contributed by atoms with Crippen LogP contribution in [0.2, 0.25) is 0 Å². The highest BCUT2D eigenvalue weighted by Crippen LogP contribution is 2.21. The first kappa shape index (κ1) is 19.3. The molecule has 0 fully saturated rings. The number of amides is 1. The van der Waals surface area contributed by atoms with Crippen molar-refractivity contribution in [2.45, 2.75) is 4.90 Å². The standard InChI is InChI=1S/C17H15BrFNO4S/c1-25-13-4-2-3-12(8-13)20-16(21)9-24-17(22)10-23-15-6-5-11(18)7-14(15)19/h2-8H,9-10H2,1H3,(H,20,21). The van der Waals surface area contributed by atoms with Gasteiger partial charge in [0.2, 0.25) is 0 Å². The van der Waals surface area contributed by atoms with Gasteiger partial charge in [-0.2, -0.15) is 0 Å². The van der Waals surface area contributed by atoms with E-state index < -0.39 is 30.9 Å². The van der Waals surface area contributed by atoms with Crippen LogP contribution in [0.25, 0.3) is 0 Å². The summed E-state index contributed by atoms with van der Waals surface area (Å²) >= 11 is 4.67. The highest BCUT2D eigenvalue weighted by atomic mass is 79.9. The molecular weight excluding hydrogens is 413 g/mol. The van der Waals surface area contributed by atoms with Gasteiger partial charge in [-0.1, -0.05) is 22.0 Å². The maximum atomic E-state index is 13.5. The van der Waals surface area contributed by atoms with Crippen LogP contribution in [0.3, 0.4) is 0 Å². The van der Waals surface area contributed by atoms with E-state index in [1.54, 1.807) is 23.9 Å². The zero-order valence-electron chi connectivity index (χ0n) is 13.3. The molecule has 0 radical (unpaired) electrons. The van der Waals surface area contributed by atoms with Crippen molar-refractivity contribution in [3.8, 4) is 5.75 Å². The summed E-state index contributed by atoms with van der Waals surface area (Å²) in [6.45, 7) is -0.942. The second kappa shape index (κ2) is 9.43. The van der Waals surface area contributed by atoms with E-state index in [0.29, 0.717) is 10.2 Å². The molecule has 1 amide bonds. The Morgan fingerprint density at radius 1 is 1.20 bits per heavy atom. The molecule has 0 atom stereocenters. The van der Waals surface area contributed by atoms with Gasteiger partial charge in [0.15, 0.2) is 24.8 Å². The summed E-state index contributed by atoms with van der Waals surface area (Å²) in [6, 6.07) is 11.5. The van der Waals surface area contributed by atoms with Gasteiger partial charge in [-0.3, -0.25) is 4.79 Å². The van der Waals surface area contributed by atoms with Crippen molar-refractivity contribution in [2.75, 3.05) is 24.8 Å². The first-order valence-corrected chi connectivity index (χ1v) is 9.17. The molecule has 5 nitrogen and oxygen atoms in total. The lowest BCUT2D eigenvalue weighted by molar-refractivity contribution is -0.149. The Labute approximate surface area is 157 Å². The molecule has 132 valence electrons. The van der Waals surface area contributed by atoms with Crippen molar-refractivity contribution in [1.29, 1.82) is 0 Å². The molecular formula is C17H15BrFNO4S. The van der Waals surface area contributed by atoms with Crippen LogP contribution < -0.4 is 10.1 Å². The minimum atomic E-state index is -0.768. The van der Waals surface area contributed by atoms with E-state index in [1.165, 1.54) is 12.1 Å². The van der Waals surface area contributed by atoms with Gasteiger partial charge in [-0.05, 0) is 42.7 Å². The fraction of sp³-hybridized carbons (Fsp3) is 0.176. The highest BCUT2D eigenvalue weighted by Gasteiger charge is 2.11. The summed E-state index contributed by atoms with van der Waals surface area (Å²) in [4.78, 5) is 24.4. The first-order chi connectivity index (χ1) is 12.0. The summed E-state index contributed by atoms with van der Waals surface area (Å²) in [7, 11) is 0. The lowest BCUT2D eigenvalue weighted by Gasteiger charge is -2.09. The molecule has 0 saturated carbocycles. The molecule has 0 unspecified atom stereocenters. The van der Waals surface area contributed by atoms with E-state index in [4.69, 9.17) is 9.47 Å². The Bertz CT molecular complexity index is 772. The van der Waals surface area contributed by atoms with E-state index in [0.717, 1.165) is 4.90 Å². The van der Waals surface area contributed by atoms with Crippen molar-refractivity contribution >= 4 is 45.3 Å². The lowest BCUT2D eigenvalue weighted by atomic mass is 10.3. The molecule has 8 heteroatoms. The number of carbonyl (C=O) groups is 2. The van der Waals surface area contributed by atoms with Crippen LogP contribution in [0.1, 0.15) is 0 Å². The number of halogens is 2. The molecule has 0 heterocycles. The van der Waals surface area contributed by atoms with Crippen molar-refractivity contribution < 1.29 is 23.5 Å². The Kier molecular flexibility index (Phi) is 7.27. The number of esters is 1. The number of hydrogen-bond donors (Lipinski definition) is 1. The Morgan fingerprint density at radius 2 is 2.00 bits per heavy atom. The van der Waals surface area contributed by atoms with Crippen LogP contribution >= 0.6 is 27.7 Å². The second-order valence-corrected chi connectivity index (χ2v) is 6.60. The van der Waals surface area contributed by atoms with Crippen LogP contribution in [-0.2, 0) is 14.3 Å². The van der Waals surface area contributed by atoms with Crippen LogP contribution in [0.15, 0.2) is 51.8 Å². The molecule has 0 aromatic heterocycles. The SMILES string of the molecule is CSc1cccc(NC(=O)COC(=O)COc2ccc(Br)cc2F)c1. The van der Waals surface area contributed by atoms with Crippen LogP contribution in [0.5, 0.6) is 5.75 Å². The van der Waals surface area contributed by atoms with Gasteiger partial charge in [-0.15, -0.1) is 11.8 Å². The minimum absolute atomic E-state index is 0.0708. The average molecular weight is 428 g/mol. The lowest BCUT2D eigenvalue weighted by Crippen LogP contribution is -2.23. The van der Waals surface area contributed by atoms with Gasteiger partial charge >= 0.3 is 5.97 Å². The number of benzene rings is 2. The minimum Gasteiger partial charge on any atom is -0.479 e. The third-order valence-corrected chi connectivity index (χ3v) is 4.18. The number of thioether (sulfide) groups is 1. The molecule has 2 aromatic rings. The summed E-state index contributed by atoms with van der Waals surface area (Å²) in [5.74, 6) is -1.91. The number of rotatable bonds is 7. The van der Waals surface area contributed by atoms with Crippen molar-refractivity contribution in [3.63, 3.8) is 0 Å². The Morgan fingerprint density at radius 3 is 2.72 bits per heavy atom. The number of nitrogens with one attached hydrogen (secondary N) is 1. The summed E-state index contributed by atoms with van der Waals surface area (Å²) in [5, 5.41) is 2.63.